The Bertz CT molecular complexity index is 1030. The van der Waals surface area contributed by atoms with Crippen LogP contribution in [0.15, 0.2) is 53.5 Å². The number of benzene rings is 2. The van der Waals surface area contributed by atoms with Gasteiger partial charge in [-0.3, -0.25) is 14.6 Å². The van der Waals surface area contributed by atoms with E-state index in [1.54, 1.807) is 23.1 Å². The molecular formula is C24H25N3O4. The van der Waals surface area contributed by atoms with Gasteiger partial charge in [-0.2, -0.15) is 0 Å². The van der Waals surface area contributed by atoms with Crippen LogP contribution in [-0.2, 0) is 9.59 Å². The van der Waals surface area contributed by atoms with Gasteiger partial charge in [0.05, 0.1) is 0 Å². The maximum atomic E-state index is 13.4. The van der Waals surface area contributed by atoms with Crippen LogP contribution >= 0.6 is 0 Å². The molecule has 1 aliphatic carbocycles. The Labute approximate surface area is 181 Å². The predicted octanol–water partition coefficient (Wildman–Crippen LogP) is 3.74. The Morgan fingerprint density at radius 1 is 1.00 bits per heavy atom. The fraction of sp³-hybridized carbons (Fsp3) is 0.375. The molecule has 7 nitrogen and oxygen atoms in total. The van der Waals surface area contributed by atoms with Crippen molar-refractivity contribution in [3.05, 3.63) is 54.1 Å². The minimum Gasteiger partial charge on any atom is -0.454 e. The number of rotatable bonds is 4. The standard InChI is InChI=1S/C24H25N3O4/c28-21(25-18-10-11-19-20(14-18)31-16-30-19)15-27-23(29)22(17-8-4-3-5-9-17)26-24(27)12-6-1-2-7-13-24/h3-5,8-11,14H,1-2,6-7,12-13,15-16H2,(H,25,28). The first-order valence-corrected chi connectivity index (χ1v) is 10.8. The Balaban J connectivity index is 1.38. The molecule has 0 saturated heterocycles. The number of anilines is 1. The zero-order chi connectivity index (χ0) is 21.3. The summed E-state index contributed by atoms with van der Waals surface area (Å²) in [7, 11) is 0. The summed E-state index contributed by atoms with van der Waals surface area (Å²) in [5, 5.41) is 2.89. The number of aliphatic imine (C=N–C) groups is 1. The van der Waals surface area contributed by atoms with Gasteiger partial charge in [0.1, 0.15) is 17.9 Å². The normalized spacial score (nSPS) is 19.3. The molecule has 2 amide bonds. The zero-order valence-corrected chi connectivity index (χ0v) is 17.3. The molecule has 7 heteroatoms. The molecule has 160 valence electrons. The molecule has 3 aliphatic rings. The maximum absolute atomic E-state index is 13.4. The molecule has 0 radical (unpaired) electrons. The van der Waals surface area contributed by atoms with E-state index in [1.807, 2.05) is 30.3 Å². The van der Waals surface area contributed by atoms with Gasteiger partial charge in [0, 0.05) is 17.3 Å². The number of hydrogen-bond acceptors (Lipinski definition) is 5. The highest BCUT2D eigenvalue weighted by Gasteiger charge is 2.47. The minimum atomic E-state index is -0.634. The van der Waals surface area contributed by atoms with Gasteiger partial charge in [-0.05, 0) is 37.8 Å². The van der Waals surface area contributed by atoms with E-state index < -0.39 is 5.66 Å². The molecule has 31 heavy (non-hydrogen) atoms. The fourth-order valence-electron chi connectivity index (χ4n) is 4.63. The lowest BCUT2D eigenvalue weighted by Gasteiger charge is -2.35. The topological polar surface area (TPSA) is 80.2 Å². The van der Waals surface area contributed by atoms with Crippen molar-refractivity contribution in [1.29, 1.82) is 0 Å². The van der Waals surface area contributed by atoms with Gasteiger partial charge < -0.3 is 19.7 Å². The number of hydrogen-bond donors (Lipinski definition) is 1. The largest absolute Gasteiger partial charge is 0.454 e. The predicted molar refractivity (Wildman–Crippen MR) is 116 cm³/mol. The monoisotopic (exact) mass is 419 g/mol. The first-order chi connectivity index (χ1) is 15.1. The lowest BCUT2D eigenvalue weighted by atomic mass is 10.00. The maximum Gasteiger partial charge on any atom is 0.275 e. The van der Waals surface area contributed by atoms with Crippen molar-refractivity contribution in [3.8, 4) is 11.5 Å². The van der Waals surface area contributed by atoms with Crippen molar-refractivity contribution in [1.82, 2.24) is 4.90 Å². The highest BCUT2D eigenvalue weighted by Crippen LogP contribution is 2.39. The molecule has 1 saturated carbocycles. The molecule has 0 aromatic heterocycles. The van der Waals surface area contributed by atoms with Crippen LogP contribution in [0.1, 0.15) is 44.1 Å². The third kappa shape index (κ3) is 3.76. The fourth-order valence-corrected chi connectivity index (χ4v) is 4.63. The van der Waals surface area contributed by atoms with Crippen molar-refractivity contribution in [2.45, 2.75) is 44.2 Å². The molecule has 1 N–H and O–H groups in total. The molecule has 1 spiro atoms. The van der Waals surface area contributed by atoms with E-state index in [1.165, 1.54) is 0 Å². The van der Waals surface area contributed by atoms with E-state index in [4.69, 9.17) is 14.5 Å². The SMILES string of the molecule is O=C(CN1C(=O)C(c2ccccc2)=NC12CCCCCC2)Nc1ccc2c(c1)OCO2. The lowest BCUT2D eigenvalue weighted by molar-refractivity contribution is -0.133. The van der Waals surface area contributed by atoms with E-state index in [0.29, 0.717) is 22.9 Å². The number of ether oxygens (including phenoxy) is 2. The van der Waals surface area contributed by atoms with Gasteiger partial charge in [-0.1, -0.05) is 43.2 Å². The molecule has 2 aromatic rings. The number of amides is 2. The van der Waals surface area contributed by atoms with Crippen molar-refractivity contribution in [3.63, 3.8) is 0 Å². The summed E-state index contributed by atoms with van der Waals surface area (Å²) in [5.41, 5.74) is 1.23. The average molecular weight is 419 g/mol. The molecular weight excluding hydrogens is 394 g/mol. The molecule has 2 heterocycles. The minimum absolute atomic E-state index is 0.0346. The van der Waals surface area contributed by atoms with Crippen LogP contribution < -0.4 is 14.8 Å². The van der Waals surface area contributed by atoms with Crippen LogP contribution in [0, 0.1) is 0 Å². The molecule has 0 unspecified atom stereocenters. The average Bonchev–Trinajstić information content (AvgIpc) is 3.25. The van der Waals surface area contributed by atoms with E-state index in [2.05, 4.69) is 5.32 Å². The second-order valence-corrected chi connectivity index (χ2v) is 8.23. The Hall–Kier alpha value is -3.35. The van der Waals surface area contributed by atoms with Crippen molar-refractivity contribution in [2.75, 3.05) is 18.7 Å². The summed E-state index contributed by atoms with van der Waals surface area (Å²) in [6, 6.07) is 14.8. The molecule has 0 bridgehead atoms. The summed E-state index contributed by atoms with van der Waals surface area (Å²) < 4.78 is 10.7. The number of carbonyl (C=O) groups excluding carboxylic acids is 2. The first-order valence-electron chi connectivity index (χ1n) is 10.8. The van der Waals surface area contributed by atoms with E-state index in [-0.39, 0.29) is 25.2 Å². The number of carbonyl (C=O) groups is 2. The van der Waals surface area contributed by atoms with E-state index in [0.717, 1.165) is 44.1 Å². The highest BCUT2D eigenvalue weighted by atomic mass is 16.7. The highest BCUT2D eigenvalue weighted by molar-refractivity contribution is 6.47. The second-order valence-electron chi connectivity index (χ2n) is 8.23. The summed E-state index contributed by atoms with van der Waals surface area (Å²) in [5.74, 6) is 0.838. The van der Waals surface area contributed by atoms with Crippen molar-refractivity contribution in [2.24, 2.45) is 4.99 Å². The lowest BCUT2D eigenvalue weighted by Crippen LogP contribution is -2.50. The van der Waals surface area contributed by atoms with Crippen LogP contribution in [0.2, 0.25) is 0 Å². The quantitative estimate of drug-likeness (QED) is 0.819. The third-order valence-corrected chi connectivity index (χ3v) is 6.18. The summed E-state index contributed by atoms with van der Waals surface area (Å²) in [6.07, 6.45) is 5.82. The van der Waals surface area contributed by atoms with Crippen LogP contribution in [0.5, 0.6) is 11.5 Å². The van der Waals surface area contributed by atoms with Gasteiger partial charge in [0.2, 0.25) is 12.7 Å². The molecule has 2 aliphatic heterocycles. The molecule has 2 aromatic carbocycles. The first kappa shape index (κ1) is 19.6. The number of fused-ring (bicyclic) bond motifs is 1. The van der Waals surface area contributed by atoms with Crippen molar-refractivity contribution < 1.29 is 19.1 Å². The Morgan fingerprint density at radius 3 is 2.52 bits per heavy atom. The van der Waals surface area contributed by atoms with Gasteiger partial charge >= 0.3 is 0 Å². The van der Waals surface area contributed by atoms with Crippen LogP contribution in [0.4, 0.5) is 5.69 Å². The molecule has 5 rings (SSSR count). The number of nitrogens with zero attached hydrogens (tertiary/aromatic N) is 2. The van der Waals surface area contributed by atoms with Gasteiger partial charge in [-0.15, -0.1) is 0 Å². The van der Waals surface area contributed by atoms with Gasteiger partial charge in [-0.25, -0.2) is 0 Å². The van der Waals surface area contributed by atoms with Gasteiger partial charge in [0.15, 0.2) is 11.5 Å². The van der Waals surface area contributed by atoms with Crippen LogP contribution in [0.25, 0.3) is 0 Å². The van der Waals surface area contributed by atoms with E-state index in [9.17, 15) is 9.59 Å². The van der Waals surface area contributed by atoms with Gasteiger partial charge in [0.25, 0.3) is 5.91 Å². The summed E-state index contributed by atoms with van der Waals surface area (Å²) in [4.78, 5) is 33.0. The zero-order valence-electron chi connectivity index (χ0n) is 17.3. The Kier molecular flexibility index (Phi) is 5.10. The summed E-state index contributed by atoms with van der Waals surface area (Å²) in [6.45, 7) is 0.143. The van der Waals surface area contributed by atoms with Crippen molar-refractivity contribution >= 4 is 23.2 Å². The Morgan fingerprint density at radius 2 is 1.74 bits per heavy atom. The molecule has 1 fully saturated rings. The van der Waals surface area contributed by atoms with Crippen LogP contribution in [-0.4, -0.2) is 41.4 Å². The molecule has 0 atom stereocenters. The smallest absolute Gasteiger partial charge is 0.275 e. The van der Waals surface area contributed by atoms with E-state index >= 15 is 0 Å². The van der Waals surface area contributed by atoms with Crippen LogP contribution in [0.3, 0.4) is 0 Å². The number of nitrogens with one attached hydrogen (secondary N) is 1. The summed E-state index contributed by atoms with van der Waals surface area (Å²) >= 11 is 0. The third-order valence-electron chi connectivity index (χ3n) is 6.18. The second kappa shape index (κ2) is 8.06.